The van der Waals surface area contributed by atoms with E-state index in [0.29, 0.717) is 30.8 Å². The van der Waals surface area contributed by atoms with Crippen LogP contribution < -0.4 is 5.62 Å². The number of hydrogen-bond acceptors (Lipinski definition) is 5. The molecule has 1 aromatic heterocycles. The Bertz CT molecular complexity index is 1670. The third-order valence-electron chi connectivity index (χ3n) is 8.14. The Morgan fingerprint density at radius 3 is 2.17 bits per heavy atom. The van der Waals surface area contributed by atoms with E-state index in [-0.39, 0.29) is 35.1 Å². The molecule has 4 aromatic rings. The second-order valence-corrected chi connectivity index (χ2v) is 12.1. The second kappa shape index (κ2) is 11.1. The molecular weight excluding hydrogens is 512 g/mol. The minimum absolute atomic E-state index is 0.0557. The van der Waals surface area contributed by atoms with Crippen molar-refractivity contribution in [1.82, 2.24) is 9.13 Å². The van der Waals surface area contributed by atoms with Gasteiger partial charge in [0.15, 0.2) is 11.6 Å². The maximum Gasteiger partial charge on any atom is 0.203 e. The third-order valence-corrected chi connectivity index (χ3v) is 8.14. The predicted octanol–water partition coefficient (Wildman–Crippen LogP) is 5.79. The van der Waals surface area contributed by atoms with Crippen LogP contribution in [0.15, 0.2) is 83.9 Å². The lowest BCUT2D eigenvalue weighted by Crippen LogP contribution is -2.40. The van der Waals surface area contributed by atoms with Gasteiger partial charge in [0, 0.05) is 19.1 Å². The first-order valence-corrected chi connectivity index (χ1v) is 14.1. The molecule has 2 heterocycles. The fourth-order valence-electron chi connectivity index (χ4n) is 6.28. The van der Waals surface area contributed by atoms with Gasteiger partial charge in [-0.3, -0.25) is 20.0 Å². The van der Waals surface area contributed by atoms with Crippen LogP contribution in [-0.4, -0.2) is 40.1 Å². The van der Waals surface area contributed by atoms with Gasteiger partial charge in [0.25, 0.3) is 0 Å². The van der Waals surface area contributed by atoms with E-state index in [1.54, 1.807) is 11.7 Å². The summed E-state index contributed by atoms with van der Waals surface area (Å²) in [5.41, 5.74) is 4.15. The zero-order valence-electron chi connectivity index (χ0n) is 24.5. The summed E-state index contributed by atoms with van der Waals surface area (Å²) < 4.78 is 8.92. The van der Waals surface area contributed by atoms with Gasteiger partial charge in [0.1, 0.15) is 0 Å². The molecule has 0 amide bonds. The van der Waals surface area contributed by atoms with Gasteiger partial charge in [0.2, 0.25) is 5.62 Å². The largest absolute Gasteiger partial charge is 0.384 e. The van der Waals surface area contributed by atoms with Crippen LogP contribution in [0.25, 0.3) is 11.0 Å². The molecule has 5 rings (SSSR count). The van der Waals surface area contributed by atoms with Crippen molar-refractivity contribution < 1.29 is 14.3 Å². The zero-order chi connectivity index (χ0) is 29.4. The Morgan fingerprint density at radius 2 is 1.56 bits per heavy atom. The smallest absolute Gasteiger partial charge is 0.203 e. The molecule has 41 heavy (non-hydrogen) atoms. The van der Waals surface area contributed by atoms with Crippen LogP contribution >= 0.6 is 0 Å². The molecule has 1 aliphatic heterocycles. The highest BCUT2D eigenvalue weighted by molar-refractivity contribution is 6.42. The molecule has 0 aliphatic carbocycles. The van der Waals surface area contributed by atoms with E-state index in [0.717, 1.165) is 22.2 Å². The molecule has 0 fully saturated rings. The highest BCUT2D eigenvalue weighted by Crippen LogP contribution is 2.48. The number of para-hydroxylation sites is 2. The van der Waals surface area contributed by atoms with E-state index in [1.165, 1.54) is 0 Å². The van der Waals surface area contributed by atoms with Crippen molar-refractivity contribution in [3.63, 3.8) is 0 Å². The summed E-state index contributed by atoms with van der Waals surface area (Å²) in [6, 6.07) is 25.4. The van der Waals surface area contributed by atoms with Gasteiger partial charge in [-0.25, -0.2) is 0 Å². The van der Waals surface area contributed by atoms with Crippen molar-refractivity contribution in [3.05, 3.63) is 101 Å². The molecule has 2 unspecified atom stereocenters. The summed E-state index contributed by atoms with van der Waals surface area (Å²) >= 11 is 0. The van der Waals surface area contributed by atoms with Crippen molar-refractivity contribution in [2.45, 2.75) is 52.7 Å². The number of nitrogens with zero attached hydrogens (tertiary/aromatic N) is 3. The summed E-state index contributed by atoms with van der Waals surface area (Å²) in [6.45, 7) is 9.29. The average molecular weight is 551 g/mol. The number of ether oxygens (including phenoxy) is 1. The molecule has 3 aromatic carbocycles. The van der Waals surface area contributed by atoms with Crippen molar-refractivity contribution >= 4 is 28.3 Å². The normalized spacial score (nSPS) is 19.1. The molecule has 1 N–H and O–H groups in total. The molecule has 0 saturated heterocycles. The quantitative estimate of drug-likeness (QED) is 0.268. The number of carbonyl (C=O) groups excluding carboxylic acids is 2. The first-order valence-electron chi connectivity index (χ1n) is 14.1. The summed E-state index contributed by atoms with van der Waals surface area (Å²) in [5.74, 6) is -0.328. The van der Waals surface area contributed by atoms with Crippen LogP contribution in [0.4, 0.5) is 0 Å². The number of Topliss-reactive ketones (excluding diaryl/α,β-unsaturated/α-hetero) is 2. The number of carbonyl (C=O) groups is 2. The first kappa shape index (κ1) is 28.4. The third kappa shape index (κ3) is 5.34. The van der Waals surface area contributed by atoms with Crippen LogP contribution in [0.5, 0.6) is 0 Å². The molecule has 0 bridgehead atoms. The van der Waals surface area contributed by atoms with Crippen molar-refractivity contribution in [3.8, 4) is 0 Å². The highest BCUT2D eigenvalue weighted by atomic mass is 16.5. The molecule has 7 heteroatoms. The first-order chi connectivity index (χ1) is 19.5. The monoisotopic (exact) mass is 550 g/mol. The minimum Gasteiger partial charge on any atom is -0.384 e. The number of fused-ring (bicyclic) bond motifs is 1. The molecule has 212 valence electrons. The van der Waals surface area contributed by atoms with Crippen molar-refractivity contribution in [2.75, 3.05) is 13.7 Å². The SMILES string of the molecule is COCCC1=NC(C)(c2ccc(C(=O)Cn3c(=N)n(Cc4ccccc4)c4ccccc43)cc2)C(C(C)(C)C)C1=O. The summed E-state index contributed by atoms with van der Waals surface area (Å²) in [6.07, 6.45) is 0.485. The van der Waals surface area contributed by atoms with Gasteiger partial charge in [-0.05, 0) is 35.6 Å². The molecule has 0 radical (unpaired) electrons. The Morgan fingerprint density at radius 1 is 0.951 bits per heavy atom. The van der Waals surface area contributed by atoms with Crippen LogP contribution in [-0.2, 0) is 28.2 Å². The van der Waals surface area contributed by atoms with Crippen LogP contribution in [0, 0.1) is 16.7 Å². The Labute approximate surface area is 241 Å². The molecular formula is C34H38N4O3. The Balaban J connectivity index is 1.44. The molecule has 7 nitrogen and oxygen atoms in total. The highest BCUT2D eigenvalue weighted by Gasteiger charge is 2.52. The van der Waals surface area contributed by atoms with E-state index < -0.39 is 5.54 Å². The lowest BCUT2D eigenvalue weighted by molar-refractivity contribution is -0.120. The van der Waals surface area contributed by atoms with Gasteiger partial charge >= 0.3 is 0 Å². The Hall–Kier alpha value is -4.10. The van der Waals surface area contributed by atoms with E-state index in [1.807, 2.05) is 90.4 Å². The van der Waals surface area contributed by atoms with Crippen LogP contribution in [0.3, 0.4) is 0 Å². The predicted molar refractivity (Wildman–Crippen MR) is 161 cm³/mol. The number of nitrogens with one attached hydrogen (secondary N) is 1. The fraction of sp³-hybridized carbons (Fsp3) is 0.353. The number of methoxy groups -OCH3 is 1. The van der Waals surface area contributed by atoms with Gasteiger partial charge in [0.05, 0.1) is 47.9 Å². The minimum atomic E-state index is -0.728. The number of rotatable bonds is 9. The second-order valence-electron chi connectivity index (χ2n) is 12.1. The maximum atomic E-state index is 13.5. The van der Waals surface area contributed by atoms with Crippen molar-refractivity contribution in [1.29, 1.82) is 5.41 Å². The summed E-state index contributed by atoms with van der Waals surface area (Å²) in [5, 5.41) is 8.94. The topological polar surface area (TPSA) is 89.4 Å². The summed E-state index contributed by atoms with van der Waals surface area (Å²) in [7, 11) is 1.62. The van der Waals surface area contributed by atoms with Crippen LogP contribution in [0.2, 0.25) is 0 Å². The molecule has 0 saturated carbocycles. The Kier molecular flexibility index (Phi) is 7.66. The maximum absolute atomic E-state index is 13.5. The van der Waals surface area contributed by atoms with Gasteiger partial charge in [-0.1, -0.05) is 87.5 Å². The van der Waals surface area contributed by atoms with Crippen molar-refractivity contribution in [2.24, 2.45) is 16.3 Å². The number of ketones is 2. The molecule has 2 atom stereocenters. The van der Waals surface area contributed by atoms with E-state index in [4.69, 9.17) is 15.1 Å². The van der Waals surface area contributed by atoms with Gasteiger partial charge in [-0.15, -0.1) is 0 Å². The molecule has 1 aliphatic rings. The zero-order valence-corrected chi connectivity index (χ0v) is 24.5. The summed E-state index contributed by atoms with van der Waals surface area (Å²) in [4.78, 5) is 31.9. The lowest BCUT2D eigenvalue weighted by Gasteiger charge is -2.37. The van der Waals surface area contributed by atoms with Crippen LogP contribution in [0.1, 0.15) is 55.6 Å². The molecule has 0 spiro atoms. The standard InChI is InChI=1S/C34H38N4O3/c1-33(2,3)31-30(40)26(19-20-41-5)36-34(31,4)25-17-15-24(16-18-25)29(39)22-38-28-14-10-9-13-27(28)37(32(38)35)21-23-11-7-6-8-12-23/h6-18,31,35H,19-22H2,1-5H3. The average Bonchev–Trinajstić information content (AvgIpc) is 3.38. The van der Waals surface area contributed by atoms with E-state index in [9.17, 15) is 9.59 Å². The van der Waals surface area contributed by atoms with E-state index in [2.05, 4.69) is 20.8 Å². The lowest BCUT2D eigenvalue weighted by atomic mass is 9.66. The number of aromatic nitrogens is 2. The fourth-order valence-corrected chi connectivity index (χ4v) is 6.28. The van der Waals surface area contributed by atoms with Gasteiger partial charge < -0.3 is 13.9 Å². The number of imidazole rings is 1. The van der Waals surface area contributed by atoms with Gasteiger partial charge in [-0.2, -0.15) is 0 Å². The number of aliphatic imine (C=N–C) groups is 1. The van der Waals surface area contributed by atoms with E-state index >= 15 is 0 Å². The number of hydrogen-bond donors (Lipinski definition) is 1. The number of benzene rings is 3.